The van der Waals surface area contributed by atoms with E-state index < -0.39 is 0 Å². The summed E-state index contributed by atoms with van der Waals surface area (Å²) in [5, 5.41) is 4.89. The summed E-state index contributed by atoms with van der Waals surface area (Å²) in [5.74, 6) is 0.402. The second-order valence-corrected chi connectivity index (χ2v) is 10.3. The van der Waals surface area contributed by atoms with Crippen molar-refractivity contribution in [3.05, 3.63) is 64.2 Å². The van der Waals surface area contributed by atoms with Crippen LogP contribution in [-0.4, -0.2) is 62.7 Å². The summed E-state index contributed by atoms with van der Waals surface area (Å²) in [4.78, 5) is 29.1. The summed E-state index contributed by atoms with van der Waals surface area (Å²) in [6.07, 6.45) is 4.88. The monoisotopic (exact) mass is 525 g/mol. The van der Waals surface area contributed by atoms with Gasteiger partial charge in [0.25, 0.3) is 5.91 Å². The molecule has 0 aliphatic carbocycles. The highest BCUT2D eigenvalue weighted by atomic mass is 35.5. The smallest absolute Gasteiger partial charge is 0.324 e. The Hall–Kier alpha value is -3.53. The Kier molecular flexibility index (Phi) is 6.85. The van der Waals surface area contributed by atoms with Crippen molar-refractivity contribution >= 4 is 34.6 Å². The lowest BCUT2D eigenvalue weighted by Crippen LogP contribution is -2.34. The fourth-order valence-electron chi connectivity index (χ4n) is 4.70. The van der Waals surface area contributed by atoms with Crippen LogP contribution in [0.1, 0.15) is 66.1 Å². The summed E-state index contributed by atoms with van der Waals surface area (Å²) >= 11 is 6.49. The molecule has 0 N–H and O–H groups in total. The van der Waals surface area contributed by atoms with Crippen molar-refractivity contribution in [3.8, 4) is 0 Å². The highest BCUT2D eigenvalue weighted by Gasteiger charge is 2.27. The number of carbonyl (C=O) groups excluding carboxylic acids is 1. The molecule has 0 spiro atoms. The number of hydrogen-bond acceptors (Lipinski definition) is 7. The average molecular weight is 526 g/mol. The number of benzene rings is 1. The Bertz CT molecular complexity index is 1440. The van der Waals surface area contributed by atoms with Gasteiger partial charge in [-0.05, 0) is 30.5 Å². The zero-order chi connectivity index (χ0) is 26.3. The van der Waals surface area contributed by atoms with E-state index in [1.54, 1.807) is 32.3 Å². The van der Waals surface area contributed by atoms with Crippen molar-refractivity contribution in [2.75, 3.05) is 32.1 Å². The van der Waals surface area contributed by atoms with Gasteiger partial charge < -0.3 is 18.9 Å². The SMILES string of the molecule is CC(C)c1noc(N2CCC(n3cc(F)c4c(Cc5ccc(C(=O)N(C)C)cc5Cl)ncnc43)CC2)n1. The standard InChI is InChI=1S/C26H29ClFN7O2/c1-15(2)23-31-26(37-32-23)34-9-7-18(8-10-34)35-13-20(28)22-21(29-14-30-24(22)35)12-16-5-6-17(11-19(16)27)25(36)33(3)4/h5-6,11,13-15,18H,7-10,12H2,1-4H3. The molecule has 5 rings (SSSR count). The molecule has 11 heteroatoms. The van der Waals surface area contributed by atoms with Gasteiger partial charge in [-0.2, -0.15) is 4.98 Å². The van der Waals surface area contributed by atoms with E-state index in [-0.39, 0.29) is 23.7 Å². The van der Waals surface area contributed by atoms with Gasteiger partial charge in [-0.3, -0.25) is 4.79 Å². The van der Waals surface area contributed by atoms with Gasteiger partial charge >= 0.3 is 6.01 Å². The average Bonchev–Trinajstić information content (AvgIpc) is 3.51. The van der Waals surface area contributed by atoms with E-state index in [1.807, 2.05) is 18.4 Å². The van der Waals surface area contributed by atoms with Gasteiger partial charge in [-0.15, -0.1) is 0 Å². The number of amides is 1. The van der Waals surface area contributed by atoms with Crippen LogP contribution in [0.3, 0.4) is 0 Å². The molecule has 194 valence electrons. The highest BCUT2D eigenvalue weighted by Crippen LogP contribution is 2.32. The van der Waals surface area contributed by atoms with E-state index in [4.69, 9.17) is 16.1 Å². The van der Waals surface area contributed by atoms with Crippen molar-refractivity contribution < 1.29 is 13.7 Å². The molecule has 1 aliphatic heterocycles. The van der Waals surface area contributed by atoms with E-state index in [0.29, 0.717) is 45.6 Å². The quantitative estimate of drug-likeness (QED) is 0.354. The number of aromatic nitrogens is 5. The van der Waals surface area contributed by atoms with E-state index in [1.165, 1.54) is 17.4 Å². The third-order valence-electron chi connectivity index (χ3n) is 6.78. The minimum atomic E-state index is -0.359. The Morgan fingerprint density at radius 3 is 2.65 bits per heavy atom. The molecule has 1 aliphatic rings. The zero-order valence-corrected chi connectivity index (χ0v) is 22.0. The summed E-state index contributed by atoms with van der Waals surface area (Å²) in [6, 6.07) is 5.77. The molecule has 0 saturated carbocycles. The van der Waals surface area contributed by atoms with Crippen LogP contribution in [0.4, 0.5) is 10.4 Å². The van der Waals surface area contributed by atoms with E-state index in [2.05, 4.69) is 25.0 Å². The van der Waals surface area contributed by atoms with Crippen molar-refractivity contribution in [3.63, 3.8) is 0 Å². The molecule has 37 heavy (non-hydrogen) atoms. The lowest BCUT2D eigenvalue weighted by Gasteiger charge is -2.31. The third kappa shape index (κ3) is 4.90. The molecule has 3 aromatic heterocycles. The molecule has 1 fully saturated rings. The van der Waals surface area contributed by atoms with Gasteiger partial charge in [0.2, 0.25) is 0 Å². The number of halogens is 2. The van der Waals surface area contributed by atoms with Crippen LogP contribution in [0, 0.1) is 5.82 Å². The molecule has 1 saturated heterocycles. The molecule has 0 unspecified atom stereocenters. The molecule has 4 aromatic rings. The lowest BCUT2D eigenvalue weighted by molar-refractivity contribution is 0.0827. The van der Waals surface area contributed by atoms with Crippen LogP contribution < -0.4 is 4.90 Å². The normalized spacial score (nSPS) is 14.6. The molecule has 4 heterocycles. The van der Waals surface area contributed by atoms with Crippen LogP contribution in [0.15, 0.2) is 35.2 Å². The Morgan fingerprint density at radius 1 is 1.24 bits per heavy atom. The summed E-state index contributed by atoms with van der Waals surface area (Å²) in [6.45, 7) is 5.49. The van der Waals surface area contributed by atoms with Gasteiger partial charge in [-0.1, -0.05) is 36.7 Å². The summed E-state index contributed by atoms with van der Waals surface area (Å²) < 4.78 is 22.6. The predicted molar refractivity (Wildman–Crippen MR) is 139 cm³/mol. The van der Waals surface area contributed by atoms with E-state index in [9.17, 15) is 4.79 Å². The van der Waals surface area contributed by atoms with Crippen molar-refractivity contribution in [2.45, 2.75) is 45.1 Å². The van der Waals surface area contributed by atoms with Crippen molar-refractivity contribution in [1.29, 1.82) is 0 Å². The number of carbonyl (C=O) groups is 1. The molecular formula is C26H29ClFN7O2. The lowest BCUT2D eigenvalue weighted by atomic mass is 10.0. The van der Waals surface area contributed by atoms with Crippen LogP contribution >= 0.6 is 11.6 Å². The van der Waals surface area contributed by atoms with Gasteiger partial charge in [0.1, 0.15) is 12.0 Å². The fraction of sp³-hybridized carbons (Fsp3) is 0.423. The summed E-state index contributed by atoms with van der Waals surface area (Å²) in [7, 11) is 3.37. The number of fused-ring (bicyclic) bond motifs is 1. The number of anilines is 1. The van der Waals surface area contributed by atoms with Crippen LogP contribution in [0.2, 0.25) is 5.02 Å². The second-order valence-electron chi connectivity index (χ2n) is 9.89. The molecule has 0 bridgehead atoms. The number of piperidine rings is 1. The Morgan fingerprint density at radius 2 is 2.00 bits per heavy atom. The third-order valence-corrected chi connectivity index (χ3v) is 7.13. The minimum absolute atomic E-state index is 0.0819. The van der Waals surface area contributed by atoms with E-state index in [0.717, 1.165) is 31.5 Å². The molecule has 1 amide bonds. The Balaban J connectivity index is 1.36. The molecule has 0 atom stereocenters. The van der Waals surface area contributed by atoms with Crippen LogP contribution in [0.5, 0.6) is 0 Å². The number of rotatable bonds is 6. The van der Waals surface area contributed by atoms with Gasteiger partial charge in [0, 0.05) is 62.3 Å². The molecular weight excluding hydrogens is 497 g/mol. The predicted octanol–water partition coefficient (Wildman–Crippen LogP) is 4.86. The first-order valence-corrected chi connectivity index (χ1v) is 12.7. The first-order valence-electron chi connectivity index (χ1n) is 12.3. The maximum absolute atomic E-state index is 15.3. The van der Waals surface area contributed by atoms with Crippen LogP contribution in [-0.2, 0) is 6.42 Å². The number of nitrogens with zero attached hydrogens (tertiary/aromatic N) is 7. The zero-order valence-electron chi connectivity index (χ0n) is 21.3. The fourth-order valence-corrected chi connectivity index (χ4v) is 4.95. The largest absolute Gasteiger partial charge is 0.345 e. The first-order chi connectivity index (χ1) is 17.7. The van der Waals surface area contributed by atoms with Gasteiger partial charge in [-0.25, -0.2) is 14.4 Å². The van der Waals surface area contributed by atoms with Gasteiger partial charge in [0.15, 0.2) is 11.6 Å². The van der Waals surface area contributed by atoms with Crippen molar-refractivity contribution in [2.24, 2.45) is 0 Å². The van der Waals surface area contributed by atoms with Gasteiger partial charge in [0.05, 0.1) is 11.1 Å². The van der Waals surface area contributed by atoms with E-state index >= 15 is 4.39 Å². The summed E-state index contributed by atoms with van der Waals surface area (Å²) in [5.41, 5.74) is 2.38. The molecule has 1 aromatic carbocycles. The van der Waals surface area contributed by atoms with Crippen molar-refractivity contribution in [1.82, 2.24) is 29.6 Å². The maximum atomic E-state index is 15.3. The second kappa shape index (κ2) is 10.1. The molecule has 0 radical (unpaired) electrons. The molecule has 9 nitrogen and oxygen atoms in total. The maximum Gasteiger partial charge on any atom is 0.324 e. The topological polar surface area (TPSA) is 93.2 Å². The minimum Gasteiger partial charge on any atom is -0.345 e. The van der Waals surface area contributed by atoms with Crippen LogP contribution in [0.25, 0.3) is 11.0 Å². The first kappa shape index (κ1) is 25.1. The Labute approximate surface area is 219 Å². The highest BCUT2D eigenvalue weighted by molar-refractivity contribution is 6.31. The number of hydrogen-bond donors (Lipinski definition) is 0.